The number of hydrogen-bond donors (Lipinski definition) is 0. The minimum atomic E-state index is -2.34. The minimum absolute atomic E-state index is 0.141. The summed E-state index contributed by atoms with van der Waals surface area (Å²) in [6.07, 6.45) is 5.75. The van der Waals surface area contributed by atoms with E-state index in [9.17, 15) is 9.13 Å². The van der Waals surface area contributed by atoms with E-state index in [1.54, 1.807) is 18.6 Å². The van der Waals surface area contributed by atoms with Crippen molar-refractivity contribution in [3.05, 3.63) is 48.5 Å². The molecule has 0 aliphatic carbocycles. The first-order chi connectivity index (χ1) is 8.25. The Hall–Kier alpha value is -1.80. The Labute approximate surface area is 99.6 Å². The Morgan fingerprint density at radius 2 is 1.71 bits per heavy atom. The molecule has 2 aromatic rings. The van der Waals surface area contributed by atoms with Crippen LogP contribution in [0, 0.1) is 0 Å². The first kappa shape index (κ1) is 11.7. The molecule has 2 heterocycles. The van der Waals surface area contributed by atoms with E-state index in [4.69, 9.17) is 0 Å². The summed E-state index contributed by atoms with van der Waals surface area (Å²) in [5, 5.41) is 0. The molecule has 0 aromatic carbocycles. The Bertz CT molecular complexity index is 560. The van der Waals surface area contributed by atoms with Gasteiger partial charge in [0.15, 0.2) is 0 Å². The molecule has 0 bridgehead atoms. The summed E-state index contributed by atoms with van der Waals surface area (Å²) in [5.74, 6) is 0. The van der Waals surface area contributed by atoms with Gasteiger partial charge in [0.05, 0.1) is 6.16 Å². The van der Waals surface area contributed by atoms with Gasteiger partial charge < -0.3 is 0 Å². The highest BCUT2D eigenvalue weighted by Crippen LogP contribution is 2.19. The lowest BCUT2D eigenvalue weighted by Gasteiger charge is -2.02. The SMILES string of the molecule is O=P(=O)CCc1cc(-c2ccncc2)ccn1. The molecular weight excluding hydrogens is 235 g/mol. The third kappa shape index (κ3) is 3.33. The van der Waals surface area contributed by atoms with Gasteiger partial charge in [0.1, 0.15) is 0 Å². The quantitative estimate of drug-likeness (QED) is 0.778. The van der Waals surface area contributed by atoms with Crippen molar-refractivity contribution in [1.29, 1.82) is 0 Å². The van der Waals surface area contributed by atoms with E-state index in [1.807, 2.05) is 24.3 Å². The maximum absolute atomic E-state index is 10.5. The van der Waals surface area contributed by atoms with Crippen LogP contribution in [0.4, 0.5) is 0 Å². The van der Waals surface area contributed by atoms with Crippen LogP contribution in [-0.2, 0) is 15.6 Å². The van der Waals surface area contributed by atoms with E-state index < -0.39 is 7.68 Å². The molecule has 17 heavy (non-hydrogen) atoms. The van der Waals surface area contributed by atoms with Gasteiger partial charge in [-0.25, -0.2) is 9.13 Å². The van der Waals surface area contributed by atoms with Crippen LogP contribution >= 0.6 is 7.68 Å². The molecule has 5 heteroatoms. The molecule has 86 valence electrons. The lowest BCUT2D eigenvalue weighted by atomic mass is 10.1. The first-order valence-corrected chi connectivity index (χ1v) is 6.59. The van der Waals surface area contributed by atoms with Crippen LogP contribution in [-0.4, -0.2) is 16.1 Å². The van der Waals surface area contributed by atoms with E-state index in [2.05, 4.69) is 9.97 Å². The monoisotopic (exact) mass is 246 g/mol. The number of rotatable bonds is 4. The fraction of sp³-hybridized carbons (Fsp3) is 0.167. The summed E-state index contributed by atoms with van der Waals surface area (Å²) in [7, 11) is -2.34. The summed E-state index contributed by atoms with van der Waals surface area (Å²) in [5.41, 5.74) is 2.87. The van der Waals surface area contributed by atoms with E-state index in [1.165, 1.54) is 0 Å². The molecule has 2 rings (SSSR count). The Balaban J connectivity index is 2.23. The summed E-state index contributed by atoms with van der Waals surface area (Å²) < 4.78 is 21.1. The number of aromatic nitrogens is 2. The lowest BCUT2D eigenvalue weighted by Crippen LogP contribution is -1.92. The van der Waals surface area contributed by atoms with Gasteiger partial charge in [-0.15, -0.1) is 0 Å². The zero-order valence-corrected chi connectivity index (χ0v) is 10.0. The van der Waals surface area contributed by atoms with Gasteiger partial charge in [-0.3, -0.25) is 9.97 Å². The van der Waals surface area contributed by atoms with Crippen molar-refractivity contribution in [3.63, 3.8) is 0 Å². The van der Waals surface area contributed by atoms with E-state index in [0.717, 1.165) is 16.8 Å². The highest BCUT2D eigenvalue weighted by atomic mass is 31.1. The molecule has 0 N–H and O–H groups in total. The molecule has 4 nitrogen and oxygen atoms in total. The fourth-order valence-corrected chi connectivity index (χ4v) is 1.96. The second kappa shape index (κ2) is 5.51. The van der Waals surface area contributed by atoms with Gasteiger partial charge >= 0.3 is 7.68 Å². The van der Waals surface area contributed by atoms with Gasteiger partial charge in [-0.05, 0) is 35.4 Å². The zero-order chi connectivity index (χ0) is 12.1. The van der Waals surface area contributed by atoms with Gasteiger partial charge in [-0.1, -0.05) is 0 Å². The average molecular weight is 246 g/mol. The van der Waals surface area contributed by atoms with E-state index >= 15 is 0 Å². The molecule has 0 atom stereocenters. The van der Waals surface area contributed by atoms with Crippen molar-refractivity contribution in [2.45, 2.75) is 6.42 Å². The molecule has 0 fully saturated rings. The number of aryl methyl sites for hydroxylation is 1. The Kier molecular flexibility index (Phi) is 3.78. The molecule has 0 aliphatic rings. The van der Waals surface area contributed by atoms with E-state index in [0.29, 0.717) is 6.42 Å². The van der Waals surface area contributed by atoms with Gasteiger partial charge in [-0.2, -0.15) is 0 Å². The van der Waals surface area contributed by atoms with Crippen LogP contribution in [0.25, 0.3) is 11.1 Å². The number of pyridine rings is 2. The summed E-state index contributed by atoms with van der Waals surface area (Å²) in [4.78, 5) is 8.11. The van der Waals surface area contributed by atoms with Crippen LogP contribution in [0.1, 0.15) is 5.69 Å². The standard InChI is InChI=1S/C12H11N2O2P/c15-17(16)8-4-12-9-11(3-7-14-12)10-1-5-13-6-2-10/h1-3,5-7,9H,4,8H2. The highest BCUT2D eigenvalue weighted by molar-refractivity contribution is 7.30. The molecular formula is C12H11N2O2P. The lowest BCUT2D eigenvalue weighted by molar-refractivity contribution is 0.514. The van der Waals surface area contributed by atoms with Crippen LogP contribution in [0.15, 0.2) is 42.9 Å². The minimum Gasteiger partial charge on any atom is -0.265 e. The van der Waals surface area contributed by atoms with Gasteiger partial charge in [0.25, 0.3) is 0 Å². The zero-order valence-electron chi connectivity index (χ0n) is 9.11. The number of hydrogen-bond acceptors (Lipinski definition) is 4. The van der Waals surface area contributed by atoms with Crippen molar-refractivity contribution in [3.8, 4) is 11.1 Å². The topological polar surface area (TPSA) is 59.9 Å². The maximum atomic E-state index is 10.5. The van der Waals surface area contributed by atoms with Crippen LogP contribution < -0.4 is 0 Å². The van der Waals surface area contributed by atoms with Crippen molar-refractivity contribution >= 4 is 7.68 Å². The normalized spacial score (nSPS) is 10.1. The third-order valence-corrected chi connectivity index (χ3v) is 2.97. The van der Waals surface area contributed by atoms with Crippen LogP contribution in [0.3, 0.4) is 0 Å². The fourth-order valence-electron chi connectivity index (χ4n) is 1.54. The van der Waals surface area contributed by atoms with Crippen LogP contribution in [0.5, 0.6) is 0 Å². The van der Waals surface area contributed by atoms with E-state index in [-0.39, 0.29) is 6.16 Å². The Morgan fingerprint density at radius 3 is 2.41 bits per heavy atom. The molecule has 0 saturated carbocycles. The summed E-state index contributed by atoms with van der Waals surface area (Å²) in [6, 6.07) is 7.63. The molecule has 0 unspecified atom stereocenters. The molecule has 0 radical (unpaired) electrons. The number of nitrogens with zero attached hydrogens (tertiary/aromatic N) is 2. The second-order valence-corrected chi connectivity index (χ2v) is 4.69. The summed E-state index contributed by atoms with van der Waals surface area (Å²) >= 11 is 0. The molecule has 0 saturated heterocycles. The van der Waals surface area contributed by atoms with Crippen molar-refractivity contribution in [2.24, 2.45) is 0 Å². The largest absolute Gasteiger partial charge is 0.316 e. The highest BCUT2D eigenvalue weighted by Gasteiger charge is 2.01. The van der Waals surface area contributed by atoms with Crippen molar-refractivity contribution in [2.75, 3.05) is 6.16 Å². The molecule has 2 aromatic heterocycles. The predicted octanol–water partition coefficient (Wildman–Crippen LogP) is 2.86. The molecule has 0 spiro atoms. The van der Waals surface area contributed by atoms with Crippen LogP contribution in [0.2, 0.25) is 0 Å². The van der Waals surface area contributed by atoms with Gasteiger partial charge in [0.2, 0.25) is 0 Å². The smallest absolute Gasteiger partial charge is 0.265 e. The average Bonchev–Trinajstić information content (AvgIpc) is 2.38. The van der Waals surface area contributed by atoms with Gasteiger partial charge in [0, 0.05) is 30.7 Å². The third-order valence-electron chi connectivity index (χ3n) is 2.38. The molecule has 0 amide bonds. The maximum Gasteiger partial charge on any atom is 0.316 e. The second-order valence-electron chi connectivity index (χ2n) is 3.58. The predicted molar refractivity (Wildman–Crippen MR) is 64.3 cm³/mol. The van der Waals surface area contributed by atoms with Crippen molar-refractivity contribution in [1.82, 2.24) is 9.97 Å². The molecule has 0 aliphatic heterocycles. The Morgan fingerprint density at radius 1 is 1.00 bits per heavy atom. The summed E-state index contributed by atoms with van der Waals surface area (Å²) in [6.45, 7) is 0. The first-order valence-electron chi connectivity index (χ1n) is 5.23. The van der Waals surface area contributed by atoms with Crippen molar-refractivity contribution < 1.29 is 9.13 Å².